The molecule has 1 amide bonds. The molecule has 102 valence electrons. The van der Waals surface area contributed by atoms with Crippen LogP contribution in [-0.4, -0.2) is 29.2 Å². The van der Waals surface area contributed by atoms with Gasteiger partial charge >= 0.3 is 0 Å². The van der Waals surface area contributed by atoms with Crippen molar-refractivity contribution in [3.05, 3.63) is 29.7 Å². The first-order valence-electron chi connectivity index (χ1n) is 6.21. The van der Waals surface area contributed by atoms with Crippen LogP contribution in [0.1, 0.15) is 18.2 Å². The fraction of sp³-hybridized carbons (Fsp3) is 0.385. The minimum atomic E-state index is -0.0168. The largest absolute Gasteiger partial charge is 0.460 e. The van der Waals surface area contributed by atoms with E-state index in [0.717, 1.165) is 22.8 Å². The summed E-state index contributed by atoms with van der Waals surface area (Å²) in [7, 11) is 0. The van der Waals surface area contributed by atoms with E-state index < -0.39 is 0 Å². The molecular formula is C13H18N4O2. The molecule has 0 aliphatic rings. The number of furan rings is 1. The van der Waals surface area contributed by atoms with Crippen LogP contribution in [0.5, 0.6) is 0 Å². The molecule has 0 saturated carbocycles. The van der Waals surface area contributed by atoms with Crippen molar-refractivity contribution in [3.63, 3.8) is 0 Å². The molecule has 2 rings (SSSR count). The molecule has 0 aliphatic carbocycles. The molecule has 0 radical (unpaired) electrons. The zero-order chi connectivity index (χ0) is 13.7. The number of aryl methyl sites for hydroxylation is 1. The van der Waals surface area contributed by atoms with Crippen molar-refractivity contribution in [2.45, 2.75) is 20.4 Å². The Balaban J connectivity index is 1.88. The second kappa shape index (κ2) is 6.19. The number of rotatable bonds is 6. The molecule has 0 bridgehead atoms. The van der Waals surface area contributed by atoms with Crippen molar-refractivity contribution >= 4 is 5.91 Å². The van der Waals surface area contributed by atoms with Crippen LogP contribution >= 0.6 is 0 Å². The highest BCUT2D eigenvalue weighted by Crippen LogP contribution is 2.22. The molecule has 0 saturated heterocycles. The summed E-state index contributed by atoms with van der Waals surface area (Å²) in [4.78, 5) is 10.7. The van der Waals surface area contributed by atoms with E-state index in [1.54, 1.807) is 6.20 Å². The Labute approximate surface area is 111 Å². The van der Waals surface area contributed by atoms with Gasteiger partial charge in [-0.25, -0.2) is 0 Å². The first kappa shape index (κ1) is 13.4. The lowest BCUT2D eigenvalue weighted by atomic mass is 10.2. The van der Waals surface area contributed by atoms with Gasteiger partial charge in [0, 0.05) is 32.1 Å². The third kappa shape index (κ3) is 3.69. The van der Waals surface area contributed by atoms with Gasteiger partial charge in [-0.3, -0.25) is 9.89 Å². The molecule has 2 aromatic rings. The van der Waals surface area contributed by atoms with Crippen LogP contribution in [-0.2, 0) is 11.3 Å². The number of aromatic nitrogens is 2. The van der Waals surface area contributed by atoms with Crippen molar-refractivity contribution in [1.82, 2.24) is 20.8 Å². The van der Waals surface area contributed by atoms with Gasteiger partial charge in [0.15, 0.2) is 5.76 Å². The zero-order valence-corrected chi connectivity index (χ0v) is 11.1. The fourth-order valence-corrected chi connectivity index (χ4v) is 1.78. The molecule has 0 atom stereocenters. The number of H-pyrrole nitrogens is 1. The number of aromatic amines is 1. The number of carbonyl (C=O) groups is 1. The van der Waals surface area contributed by atoms with Crippen LogP contribution in [0, 0.1) is 6.92 Å². The summed E-state index contributed by atoms with van der Waals surface area (Å²) < 4.78 is 5.57. The standard InChI is InChI=1S/C13H18N4O2/c1-9-3-4-12(19-9)13-11(8-16-17-13)7-14-5-6-15-10(2)18/h3-4,8,14H,5-7H2,1-2H3,(H,15,18)(H,16,17). The normalized spacial score (nSPS) is 10.6. The lowest BCUT2D eigenvalue weighted by molar-refractivity contribution is -0.118. The van der Waals surface area contributed by atoms with Crippen molar-refractivity contribution < 1.29 is 9.21 Å². The minimum Gasteiger partial charge on any atom is -0.460 e. The molecule has 2 aromatic heterocycles. The third-order valence-corrected chi connectivity index (χ3v) is 2.70. The molecule has 0 aromatic carbocycles. The highest BCUT2D eigenvalue weighted by atomic mass is 16.3. The number of nitrogens with zero attached hydrogens (tertiary/aromatic N) is 1. The summed E-state index contributed by atoms with van der Waals surface area (Å²) in [6.45, 7) is 5.41. The molecule has 0 aliphatic heterocycles. The van der Waals surface area contributed by atoms with E-state index in [1.807, 2.05) is 19.1 Å². The second-order valence-electron chi connectivity index (χ2n) is 4.34. The van der Waals surface area contributed by atoms with Crippen molar-refractivity contribution in [1.29, 1.82) is 0 Å². The lowest BCUT2D eigenvalue weighted by Crippen LogP contribution is -2.29. The van der Waals surface area contributed by atoms with Crippen molar-refractivity contribution in [2.75, 3.05) is 13.1 Å². The summed E-state index contributed by atoms with van der Waals surface area (Å²) in [6.07, 6.45) is 1.78. The summed E-state index contributed by atoms with van der Waals surface area (Å²) in [5, 5.41) is 13.0. The average molecular weight is 262 g/mol. The number of hydrogen-bond acceptors (Lipinski definition) is 4. The predicted octanol–water partition coefficient (Wildman–Crippen LogP) is 1.20. The van der Waals surface area contributed by atoms with Gasteiger partial charge in [0.05, 0.1) is 6.20 Å². The van der Waals surface area contributed by atoms with Gasteiger partial charge in [-0.05, 0) is 19.1 Å². The quantitative estimate of drug-likeness (QED) is 0.683. The van der Waals surface area contributed by atoms with E-state index >= 15 is 0 Å². The maximum Gasteiger partial charge on any atom is 0.216 e. The molecule has 0 unspecified atom stereocenters. The van der Waals surface area contributed by atoms with Gasteiger partial charge in [0.1, 0.15) is 11.5 Å². The first-order chi connectivity index (χ1) is 9.16. The van der Waals surface area contributed by atoms with Crippen LogP contribution < -0.4 is 10.6 Å². The number of hydrogen-bond donors (Lipinski definition) is 3. The third-order valence-electron chi connectivity index (χ3n) is 2.70. The van der Waals surface area contributed by atoms with Gasteiger partial charge in [-0.1, -0.05) is 0 Å². The Morgan fingerprint density at radius 1 is 1.42 bits per heavy atom. The summed E-state index contributed by atoms with van der Waals surface area (Å²) in [5.41, 5.74) is 1.93. The van der Waals surface area contributed by atoms with Crippen LogP contribution in [0.25, 0.3) is 11.5 Å². The Morgan fingerprint density at radius 2 is 2.26 bits per heavy atom. The number of nitrogens with one attached hydrogen (secondary N) is 3. The average Bonchev–Trinajstić information content (AvgIpc) is 2.96. The smallest absolute Gasteiger partial charge is 0.216 e. The van der Waals surface area contributed by atoms with E-state index in [2.05, 4.69) is 20.8 Å². The summed E-state index contributed by atoms with van der Waals surface area (Å²) >= 11 is 0. The Kier molecular flexibility index (Phi) is 4.35. The highest BCUT2D eigenvalue weighted by molar-refractivity contribution is 5.72. The van der Waals surface area contributed by atoms with Crippen LogP contribution in [0.3, 0.4) is 0 Å². The van der Waals surface area contributed by atoms with Gasteiger partial charge in [0.25, 0.3) is 0 Å². The number of amides is 1. The Hall–Kier alpha value is -2.08. The SMILES string of the molecule is CC(=O)NCCNCc1cn[nH]c1-c1ccc(C)o1. The highest BCUT2D eigenvalue weighted by Gasteiger charge is 2.10. The van der Waals surface area contributed by atoms with Crippen LogP contribution in [0.4, 0.5) is 0 Å². The molecule has 0 fully saturated rings. The maximum absolute atomic E-state index is 10.7. The van der Waals surface area contributed by atoms with Gasteiger partial charge < -0.3 is 15.1 Å². The van der Waals surface area contributed by atoms with Crippen LogP contribution in [0.15, 0.2) is 22.7 Å². The monoisotopic (exact) mass is 262 g/mol. The van der Waals surface area contributed by atoms with E-state index in [-0.39, 0.29) is 5.91 Å². The molecule has 19 heavy (non-hydrogen) atoms. The lowest BCUT2D eigenvalue weighted by Gasteiger charge is -2.05. The summed E-state index contributed by atoms with van der Waals surface area (Å²) in [5.74, 6) is 1.64. The topological polar surface area (TPSA) is 83.0 Å². The molecule has 2 heterocycles. The van der Waals surface area contributed by atoms with Crippen LogP contribution in [0.2, 0.25) is 0 Å². The van der Waals surface area contributed by atoms with E-state index in [1.165, 1.54) is 6.92 Å². The summed E-state index contributed by atoms with van der Waals surface area (Å²) in [6, 6.07) is 3.84. The van der Waals surface area contributed by atoms with E-state index in [9.17, 15) is 4.79 Å². The van der Waals surface area contributed by atoms with Gasteiger partial charge in [-0.2, -0.15) is 5.10 Å². The molecule has 3 N–H and O–H groups in total. The molecule has 0 spiro atoms. The Morgan fingerprint density at radius 3 is 2.95 bits per heavy atom. The molecule has 6 nitrogen and oxygen atoms in total. The van der Waals surface area contributed by atoms with Crippen molar-refractivity contribution in [2.24, 2.45) is 0 Å². The number of carbonyl (C=O) groups excluding carboxylic acids is 1. The predicted molar refractivity (Wildman–Crippen MR) is 71.4 cm³/mol. The van der Waals surface area contributed by atoms with Gasteiger partial charge in [-0.15, -0.1) is 0 Å². The second-order valence-corrected chi connectivity index (χ2v) is 4.34. The van der Waals surface area contributed by atoms with Gasteiger partial charge in [0.2, 0.25) is 5.91 Å². The Bertz CT molecular complexity index is 544. The molecule has 6 heteroatoms. The maximum atomic E-state index is 10.7. The molecular weight excluding hydrogens is 244 g/mol. The first-order valence-corrected chi connectivity index (χ1v) is 6.21. The zero-order valence-electron chi connectivity index (χ0n) is 11.1. The van der Waals surface area contributed by atoms with Crippen molar-refractivity contribution in [3.8, 4) is 11.5 Å². The minimum absolute atomic E-state index is 0.0168. The fourth-order valence-electron chi connectivity index (χ4n) is 1.78. The van der Waals surface area contributed by atoms with E-state index in [4.69, 9.17) is 4.42 Å². The van der Waals surface area contributed by atoms with E-state index in [0.29, 0.717) is 19.6 Å².